The molecule has 0 radical (unpaired) electrons. The van der Waals surface area contributed by atoms with Crippen molar-refractivity contribution in [1.82, 2.24) is 24.5 Å². The molecule has 0 bridgehead atoms. The molecule has 0 atom stereocenters. The van der Waals surface area contributed by atoms with E-state index in [-0.39, 0.29) is 5.69 Å². The maximum absolute atomic E-state index is 14.5. The molecule has 9 nitrogen and oxygen atoms in total. The minimum Gasteiger partial charge on any atom is -0.339 e. The van der Waals surface area contributed by atoms with Gasteiger partial charge in [-0.2, -0.15) is 0 Å². The Morgan fingerprint density at radius 3 is 2.59 bits per heavy atom. The summed E-state index contributed by atoms with van der Waals surface area (Å²) >= 11 is 0. The molecule has 1 aliphatic heterocycles. The summed E-state index contributed by atoms with van der Waals surface area (Å²) < 4.78 is 16.2. The van der Waals surface area contributed by atoms with Gasteiger partial charge in [-0.15, -0.1) is 0 Å². The molecule has 1 aliphatic rings. The van der Waals surface area contributed by atoms with E-state index in [4.69, 9.17) is 0 Å². The highest BCUT2D eigenvalue weighted by Crippen LogP contribution is 2.26. The summed E-state index contributed by atoms with van der Waals surface area (Å²) in [5.41, 5.74) is 3.75. The molecule has 172 valence electrons. The SMILES string of the molecule is CCc1cnc(N2CC=C(c3cnc(Cn4ccc5cc([N+](=O)[O-])cc(F)c54)cn3)CC2)nc1. The minimum atomic E-state index is -0.635. The number of nitrogens with zero attached hydrogens (tertiary/aromatic N) is 7. The standard InChI is InChI=1S/C24H22FN7O2/c1-2-16-11-28-24(29-12-16)30-6-3-17(4-7-30)22-14-26-19(13-27-22)15-31-8-5-18-9-20(32(33)34)10-21(25)23(18)31/h3,5,8-14H,2,4,6-7,15H2,1H3. The fourth-order valence-electron chi connectivity index (χ4n) is 4.07. The zero-order chi connectivity index (χ0) is 23.7. The third-order valence-corrected chi connectivity index (χ3v) is 5.97. The lowest BCUT2D eigenvalue weighted by atomic mass is 10.1. The number of aryl methyl sites for hydroxylation is 1. The van der Waals surface area contributed by atoms with Crippen molar-refractivity contribution in [2.24, 2.45) is 0 Å². The van der Waals surface area contributed by atoms with Crippen LogP contribution in [0.5, 0.6) is 0 Å². The molecule has 0 saturated carbocycles. The normalized spacial score (nSPS) is 13.8. The lowest BCUT2D eigenvalue weighted by Gasteiger charge is -2.26. The van der Waals surface area contributed by atoms with E-state index in [9.17, 15) is 14.5 Å². The van der Waals surface area contributed by atoms with Crippen molar-refractivity contribution in [2.45, 2.75) is 26.3 Å². The highest BCUT2D eigenvalue weighted by atomic mass is 19.1. The van der Waals surface area contributed by atoms with Gasteiger partial charge in [0.15, 0.2) is 5.82 Å². The van der Waals surface area contributed by atoms with Gasteiger partial charge in [-0.25, -0.2) is 14.4 Å². The molecule has 0 amide bonds. The van der Waals surface area contributed by atoms with Gasteiger partial charge in [0.05, 0.1) is 46.8 Å². The highest BCUT2D eigenvalue weighted by molar-refractivity contribution is 5.83. The number of fused-ring (bicyclic) bond motifs is 1. The molecule has 34 heavy (non-hydrogen) atoms. The van der Waals surface area contributed by atoms with Crippen LogP contribution in [0.15, 0.2) is 55.3 Å². The Morgan fingerprint density at radius 2 is 1.94 bits per heavy atom. The third kappa shape index (κ3) is 4.21. The van der Waals surface area contributed by atoms with Crippen LogP contribution in [0.25, 0.3) is 16.5 Å². The number of benzene rings is 1. The highest BCUT2D eigenvalue weighted by Gasteiger charge is 2.18. The van der Waals surface area contributed by atoms with Crippen LogP contribution < -0.4 is 4.90 Å². The topological polar surface area (TPSA) is 103 Å². The monoisotopic (exact) mass is 459 g/mol. The number of non-ortho nitro benzene ring substituents is 1. The Kier molecular flexibility index (Phi) is 5.70. The first-order valence-electron chi connectivity index (χ1n) is 11.0. The fraction of sp³-hybridized carbons (Fsp3) is 0.250. The summed E-state index contributed by atoms with van der Waals surface area (Å²) in [6, 6.07) is 3.96. The smallest absolute Gasteiger partial charge is 0.273 e. The number of halogens is 1. The van der Waals surface area contributed by atoms with Crippen molar-refractivity contribution in [1.29, 1.82) is 0 Å². The Hall–Kier alpha value is -4.21. The van der Waals surface area contributed by atoms with Gasteiger partial charge in [-0.1, -0.05) is 13.0 Å². The van der Waals surface area contributed by atoms with Crippen molar-refractivity contribution < 1.29 is 9.31 Å². The summed E-state index contributed by atoms with van der Waals surface area (Å²) in [4.78, 5) is 30.5. The Morgan fingerprint density at radius 1 is 1.12 bits per heavy atom. The lowest BCUT2D eigenvalue weighted by molar-refractivity contribution is -0.384. The number of hydrogen-bond donors (Lipinski definition) is 0. The molecule has 10 heteroatoms. The molecule has 4 aromatic rings. The van der Waals surface area contributed by atoms with Gasteiger partial charge in [0, 0.05) is 43.1 Å². The quantitative estimate of drug-likeness (QED) is 0.315. The largest absolute Gasteiger partial charge is 0.339 e. The summed E-state index contributed by atoms with van der Waals surface area (Å²) in [6.45, 7) is 3.88. The zero-order valence-corrected chi connectivity index (χ0v) is 18.6. The van der Waals surface area contributed by atoms with E-state index in [0.717, 1.165) is 48.2 Å². The Balaban J connectivity index is 1.29. The lowest BCUT2D eigenvalue weighted by Crippen LogP contribution is -2.30. The number of nitro groups is 1. The van der Waals surface area contributed by atoms with Crippen LogP contribution in [0.4, 0.5) is 16.0 Å². The second-order valence-electron chi connectivity index (χ2n) is 8.13. The molecule has 0 N–H and O–H groups in total. The van der Waals surface area contributed by atoms with Crippen LogP contribution in [0.1, 0.15) is 30.3 Å². The molecular formula is C24H22FN7O2. The predicted molar refractivity (Wildman–Crippen MR) is 126 cm³/mol. The van der Waals surface area contributed by atoms with E-state index in [1.54, 1.807) is 29.2 Å². The first kappa shape index (κ1) is 21.6. The van der Waals surface area contributed by atoms with E-state index in [1.807, 2.05) is 12.4 Å². The number of hydrogen-bond acceptors (Lipinski definition) is 7. The van der Waals surface area contributed by atoms with Gasteiger partial charge in [0.25, 0.3) is 5.69 Å². The number of nitro benzene ring substituents is 1. The first-order valence-corrected chi connectivity index (χ1v) is 11.0. The molecule has 0 aliphatic carbocycles. The fourth-order valence-corrected chi connectivity index (χ4v) is 4.07. The van der Waals surface area contributed by atoms with Gasteiger partial charge in [-0.3, -0.25) is 20.1 Å². The van der Waals surface area contributed by atoms with Crippen LogP contribution >= 0.6 is 0 Å². The number of aromatic nitrogens is 5. The number of rotatable bonds is 6. The summed E-state index contributed by atoms with van der Waals surface area (Å²) in [6.07, 6.45) is 12.7. The van der Waals surface area contributed by atoms with Crippen LogP contribution in [0.2, 0.25) is 0 Å². The average molecular weight is 459 g/mol. The molecule has 0 fully saturated rings. The van der Waals surface area contributed by atoms with Crippen LogP contribution in [-0.2, 0) is 13.0 Å². The van der Waals surface area contributed by atoms with Crippen LogP contribution in [0.3, 0.4) is 0 Å². The van der Waals surface area contributed by atoms with Crippen LogP contribution in [-0.4, -0.2) is 42.5 Å². The third-order valence-electron chi connectivity index (χ3n) is 5.97. The van der Waals surface area contributed by atoms with Gasteiger partial charge >= 0.3 is 0 Å². The van der Waals surface area contributed by atoms with Crippen molar-refractivity contribution in [3.8, 4) is 0 Å². The summed E-state index contributed by atoms with van der Waals surface area (Å²) in [7, 11) is 0. The van der Waals surface area contributed by atoms with Crippen molar-refractivity contribution >= 4 is 28.1 Å². The summed E-state index contributed by atoms with van der Waals surface area (Å²) in [5, 5.41) is 11.4. The molecule has 3 aromatic heterocycles. The van der Waals surface area contributed by atoms with E-state index in [1.165, 1.54) is 6.07 Å². The van der Waals surface area contributed by atoms with Crippen molar-refractivity contribution in [3.05, 3.63) is 88.1 Å². The first-order chi connectivity index (χ1) is 16.5. The molecule has 4 heterocycles. The van der Waals surface area contributed by atoms with E-state index in [0.29, 0.717) is 29.7 Å². The van der Waals surface area contributed by atoms with Gasteiger partial charge in [-0.05, 0) is 30.0 Å². The Labute approximate surface area is 194 Å². The molecular weight excluding hydrogens is 437 g/mol. The molecule has 0 saturated heterocycles. The summed E-state index contributed by atoms with van der Waals surface area (Å²) in [5.74, 6) is 0.0921. The zero-order valence-electron chi connectivity index (χ0n) is 18.6. The molecule has 0 unspecified atom stereocenters. The second kappa shape index (κ2) is 8.97. The minimum absolute atomic E-state index is 0.268. The molecule has 1 aromatic carbocycles. The number of anilines is 1. The second-order valence-corrected chi connectivity index (χ2v) is 8.13. The maximum Gasteiger partial charge on any atom is 0.273 e. The maximum atomic E-state index is 14.5. The van der Waals surface area contributed by atoms with Gasteiger partial charge in [0.2, 0.25) is 5.95 Å². The average Bonchev–Trinajstić information content (AvgIpc) is 3.28. The Bertz CT molecular complexity index is 1380. The van der Waals surface area contributed by atoms with Gasteiger partial charge in [0.1, 0.15) is 0 Å². The van der Waals surface area contributed by atoms with E-state index in [2.05, 4.69) is 37.8 Å². The molecule has 0 spiro atoms. The van der Waals surface area contributed by atoms with E-state index >= 15 is 0 Å². The van der Waals surface area contributed by atoms with E-state index < -0.39 is 10.7 Å². The van der Waals surface area contributed by atoms with Crippen LogP contribution in [0, 0.1) is 15.9 Å². The van der Waals surface area contributed by atoms with Gasteiger partial charge < -0.3 is 9.47 Å². The predicted octanol–water partition coefficient (Wildman–Crippen LogP) is 4.17. The van der Waals surface area contributed by atoms with Crippen molar-refractivity contribution in [3.63, 3.8) is 0 Å². The molecule has 5 rings (SSSR count). The van der Waals surface area contributed by atoms with Crippen molar-refractivity contribution in [2.75, 3.05) is 18.0 Å².